The van der Waals surface area contributed by atoms with Gasteiger partial charge in [-0.15, -0.1) is 0 Å². The van der Waals surface area contributed by atoms with Crippen molar-refractivity contribution in [3.63, 3.8) is 0 Å². The molecule has 1 fully saturated rings. The molecular formula is C43H43NO5. The van der Waals surface area contributed by atoms with Crippen LogP contribution in [0.25, 0.3) is 28.0 Å². The molecule has 6 heteroatoms. The summed E-state index contributed by atoms with van der Waals surface area (Å²) in [4.78, 5) is 2.39. The van der Waals surface area contributed by atoms with E-state index >= 15 is 0 Å². The van der Waals surface area contributed by atoms with Gasteiger partial charge in [-0.1, -0.05) is 68.5 Å². The molecule has 5 aromatic rings. The topological polar surface area (TPSA) is 49.4 Å². The summed E-state index contributed by atoms with van der Waals surface area (Å²) in [7, 11) is 5.15. The predicted molar refractivity (Wildman–Crippen MR) is 197 cm³/mol. The van der Waals surface area contributed by atoms with Crippen LogP contribution < -0.4 is 23.8 Å². The molecule has 1 saturated heterocycles. The summed E-state index contributed by atoms with van der Waals surface area (Å²) in [6.07, 6.45) is 6.52. The van der Waals surface area contributed by atoms with E-state index in [4.69, 9.17) is 23.7 Å². The molecule has 1 aliphatic carbocycles. The van der Waals surface area contributed by atoms with Crippen LogP contribution >= 0.6 is 0 Å². The van der Waals surface area contributed by atoms with Gasteiger partial charge in [0.25, 0.3) is 0 Å². The van der Waals surface area contributed by atoms with Gasteiger partial charge in [-0.25, -0.2) is 0 Å². The molecular weight excluding hydrogens is 610 g/mol. The molecule has 0 aromatic heterocycles. The normalized spacial score (nSPS) is 16.8. The summed E-state index contributed by atoms with van der Waals surface area (Å²) in [6, 6.07) is 30.0. The van der Waals surface area contributed by atoms with Gasteiger partial charge in [-0.2, -0.15) is 0 Å². The number of rotatable bonds is 8. The first-order chi connectivity index (χ1) is 24.0. The Balaban J connectivity index is 1.46. The van der Waals surface area contributed by atoms with Crippen LogP contribution in [0.3, 0.4) is 0 Å². The summed E-state index contributed by atoms with van der Waals surface area (Å²) in [6.45, 7) is 7.67. The highest BCUT2D eigenvalue weighted by atomic mass is 16.5. The highest BCUT2D eigenvalue weighted by Gasteiger charge is 2.47. The van der Waals surface area contributed by atoms with E-state index in [0.717, 1.165) is 76.7 Å². The third kappa shape index (κ3) is 4.64. The van der Waals surface area contributed by atoms with Crippen LogP contribution in [0.1, 0.15) is 54.5 Å². The number of morpholine rings is 1. The van der Waals surface area contributed by atoms with Gasteiger partial charge in [0.1, 0.15) is 23.0 Å². The van der Waals surface area contributed by atoms with E-state index in [2.05, 4.69) is 91.6 Å². The number of benzene rings is 5. The average molecular weight is 654 g/mol. The fourth-order valence-electron chi connectivity index (χ4n) is 8.54. The van der Waals surface area contributed by atoms with E-state index in [1.807, 2.05) is 24.3 Å². The van der Waals surface area contributed by atoms with Crippen molar-refractivity contribution in [3.8, 4) is 34.1 Å². The van der Waals surface area contributed by atoms with E-state index in [-0.39, 0.29) is 5.41 Å². The molecule has 5 aromatic carbocycles. The lowest BCUT2D eigenvalue weighted by Gasteiger charge is -2.39. The fraction of sp³-hybridized carbons (Fsp3) is 0.302. The van der Waals surface area contributed by atoms with Crippen molar-refractivity contribution >= 4 is 22.5 Å². The molecule has 0 atom stereocenters. The first kappa shape index (κ1) is 31.3. The largest absolute Gasteiger partial charge is 0.497 e. The van der Waals surface area contributed by atoms with Crippen molar-refractivity contribution in [1.82, 2.24) is 0 Å². The van der Waals surface area contributed by atoms with Crippen molar-refractivity contribution in [2.24, 2.45) is 0 Å². The minimum Gasteiger partial charge on any atom is -0.497 e. The van der Waals surface area contributed by atoms with Gasteiger partial charge in [-0.05, 0) is 83.0 Å². The van der Waals surface area contributed by atoms with Gasteiger partial charge >= 0.3 is 0 Å². The monoisotopic (exact) mass is 653 g/mol. The van der Waals surface area contributed by atoms with Crippen LogP contribution in [-0.2, 0) is 15.8 Å². The van der Waals surface area contributed by atoms with Crippen LogP contribution in [0.4, 0.5) is 5.69 Å². The van der Waals surface area contributed by atoms with Gasteiger partial charge in [0.05, 0.1) is 40.2 Å². The standard InChI is InChI=1S/C43H43NO5/c1-6-42(7-2)36-11-9-8-10-32(36)39-34-26-37(44-22-24-48-25-23-44)38(47-5)27-35(34)41-33(40(39)42)20-21-43(49-41,28-12-16-30(45-3)17-13-28)29-14-18-31(46-4)19-15-29/h8-21,26-27H,6-7,22-25H2,1-5H3. The van der Waals surface area contributed by atoms with Gasteiger partial charge in [0, 0.05) is 40.6 Å². The lowest BCUT2D eigenvalue weighted by molar-refractivity contribution is 0.122. The number of anilines is 1. The minimum atomic E-state index is -0.907. The second-order valence-corrected chi connectivity index (χ2v) is 13.1. The van der Waals surface area contributed by atoms with Crippen molar-refractivity contribution in [3.05, 3.63) is 119 Å². The molecule has 0 spiro atoms. The Morgan fingerprint density at radius 1 is 0.735 bits per heavy atom. The minimum absolute atomic E-state index is 0.156. The maximum Gasteiger partial charge on any atom is 0.178 e. The van der Waals surface area contributed by atoms with Crippen LogP contribution in [-0.4, -0.2) is 47.6 Å². The van der Waals surface area contributed by atoms with Crippen LogP contribution in [0.5, 0.6) is 23.0 Å². The molecule has 0 radical (unpaired) electrons. The molecule has 3 aliphatic rings. The first-order valence-corrected chi connectivity index (χ1v) is 17.3. The highest BCUT2D eigenvalue weighted by Crippen LogP contribution is 2.61. The number of methoxy groups -OCH3 is 3. The molecule has 0 unspecified atom stereocenters. The van der Waals surface area contributed by atoms with Crippen LogP contribution in [0.2, 0.25) is 0 Å². The lowest BCUT2D eigenvalue weighted by atomic mass is 9.71. The zero-order valence-electron chi connectivity index (χ0n) is 29.0. The average Bonchev–Trinajstić information content (AvgIpc) is 3.48. The fourth-order valence-corrected chi connectivity index (χ4v) is 8.54. The van der Waals surface area contributed by atoms with Crippen LogP contribution in [0, 0.1) is 0 Å². The third-order valence-corrected chi connectivity index (χ3v) is 11.1. The molecule has 6 nitrogen and oxygen atoms in total. The van der Waals surface area contributed by atoms with Gasteiger partial charge < -0.3 is 28.6 Å². The Labute approximate surface area is 288 Å². The maximum absolute atomic E-state index is 7.59. The van der Waals surface area contributed by atoms with E-state index in [1.54, 1.807) is 21.3 Å². The van der Waals surface area contributed by atoms with E-state index in [1.165, 1.54) is 27.6 Å². The molecule has 250 valence electrons. The highest BCUT2D eigenvalue weighted by molar-refractivity contribution is 6.10. The summed E-state index contributed by atoms with van der Waals surface area (Å²) < 4.78 is 30.6. The second-order valence-electron chi connectivity index (χ2n) is 13.1. The maximum atomic E-state index is 7.59. The number of fused-ring (bicyclic) bond motifs is 8. The Hall–Kier alpha value is -4.94. The summed E-state index contributed by atoms with van der Waals surface area (Å²) in [5, 5.41) is 2.22. The SMILES string of the molecule is CCC1(CC)c2ccccc2-c2c1c1c(c3cc(OC)c(N4CCOCC4)cc23)OC(c2ccc(OC)cc2)(c2ccc(OC)cc2)C=C1. The Morgan fingerprint density at radius 2 is 1.37 bits per heavy atom. The smallest absolute Gasteiger partial charge is 0.178 e. The molecule has 0 amide bonds. The lowest BCUT2D eigenvalue weighted by Crippen LogP contribution is -2.36. The molecule has 2 aliphatic heterocycles. The predicted octanol–water partition coefficient (Wildman–Crippen LogP) is 9.14. The Morgan fingerprint density at radius 3 is 1.96 bits per heavy atom. The molecule has 0 saturated carbocycles. The molecule has 49 heavy (non-hydrogen) atoms. The molecule has 0 bridgehead atoms. The zero-order valence-corrected chi connectivity index (χ0v) is 29.0. The summed E-state index contributed by atoms with van der Waals surface area (Å²) >= 11 is 0. The van der Waals surface area contributed by atoms with E-state index in [9.17, 15) is 0 Å². The number of hydrogen-bond acceptors (Lipinski definition) is 6. The molecule has 2 heterocycles. The third-order valence-electron chi connectivity index (χ3n) is 11.1. The van der Waals surface area contributed by atoms with Crippen molar-refractivity contribution < 1.29 is 23.7 Å². The van der Waals surface area contributed by atoms with Crippen LogP contribution in [0.15, 0.2) is 91.0 Å². The first-order valence-electron chi connectivity index (χ1n) is 17.3. The van der Waals surface area contributed by atoms with Crippen molar-refractivity contribution in [2.75, 3.05) is 52.5 Å². The summed E-state index contributed by atoms with van der Waals surface area (Å²) in [5.41, 5.74) is 8.54. The van der Waals surface area contributed by atoms with E-state index < -0.39 is 5.60 Å². The number of nitrogens with zero attached hydrogens (tertiary/aromatic N) is 1. The van der Waals surface area contributed by atoms with Gasteiger partial charge in [0.15, 0.2) is 5.60 Å². The summed E-state index contributed by atoms with van der Waals surface area (Å²) in [5.74, 6) is 3.29. The quantitative estimate of drug-likeness (QED) is 0.167. The van der Waals surface area contributed by atoms with Crippen molar-refractivity contribution in [1.29, 1.82) is 0 Å². The Kier molecular flexibility index (Phi) is 7.79. The van der Waals surface area contributed by atoms with Gasteiger partial charge in [-0.3, -0.25) is 0 Å². The Bertz CT molecular complexity index is 2010. The van der Waals surface area contributed by atoms with Crippen molar-refractivity contribution in [2.45, 2.75) is 37.7 Å². The van der Waals surface area contributed by atoms with Gasteiger partial charge in [0.2, 0.25) is 0 Å². The zero-order chi connectivity index (χ0) is 33.8. The second kappa shape index (κ2) is 12.2. The molecule has 8 rings (SSSR count). The molecule has 0 N–H and O–H groups in total. The van der Waals surface area contributed by atoms with E-state index in [0.29, 0.717) is 13.2 Å². The number of ether oxygens (including phenoxy) is 5. The number of hydrogen-bond donors (Lipinski definition) is 0.